The number of nitrogens with one attached hydrogen (secondary N) is 2. The Labute approximate surface area is 92.3 Å². The lowest BCUT2D eigenvalue weighted by molar-refractivity contribution is -0.120. The van der Waals surface area contributed by atoms with Crippen LogP contribution in [0.3, 0.4) is 0 Å². The summed E-state index contributed by atoms with van der Waals surface area (Å²) < 4.78 is 0. The van der Waals surface area contributed by atoms with Crippen molar-refractivity contribution in [3.8, 4) is 0 Å². The Morgan fingerprint density at radius 2 is 1.93 bits per heavy atom. The van der Waals surface area contributed by atoms with Crippen LogP contribution in [0.4, 0.5) is 0 Å². The minimum Gasteiger partial charge on any atom is -0.352 e. The average molecular weight is 210 g/mol. The predicted octanol–water partition coefficient (Wildman–Crippen LogP) is 1.60. The van der Waals surface area contributed by atoms with Gasteiger partial charge in [-0.15, -0.1) is 6.58 Å². The van der Waals surface area contributed by atoms with E-state index in [2.05, 4.69) is 17.2 Å². The van der Waals surface area contributed by atoms with Crippen LogP contribution in [0, 0.1) is 0 Å². The summed E-state index contributed by atoms with van der Waals surface area (Å²) in [5.74, 6) is 0.0687. The SMILES string of the molecule is C=CCNC(=O)CNC1CCCCCC1. The third kappa shape index (κ3) is 5.57. The van der Waals surface area contributed by atoms with Gasteiger partial charge in [0.05, 0.1) is 6.54 Å². The van der Waals surface area contributed by atoms with Crippen LogP contribution in [0.15, 0.2) is 12.7 Å². The molecule has 15 heavy (non-hydrogen) atoms. The molecule has 0 spiro atoms. The summed E-state index contributed by atoms with van der Waals surface area (Å²) in [5.41, 5.74) is 0. The van der Waals surface area contributed by atoms with Gasteiger partial charge in [0.15, 0.2) is 0 Å². The van der Waals surface area contributed by atoms with Gasteiger partial charge >= 0.3 is 0 Å². The minimum atomic E-state index is 0.0687. The zero-order valence-corrected chi connectivity index (χ0v) is 9.43. The summed E-state index contributed by atoms with van der Waals surface area (Å²) in [5, 5.41) is 6.09. The maximum absolute atomic E-state index is 11.3. The number of amides is 1. The van der Waals surface area contributed by atoms with Gasteiger partial charge in [0.25, 0.3) is 0 Å². The third-order valence-electron chi connectivity index (χ3n) is 2.85. The van der Waals surface area contributed by atoms with E-state index in [4.69, 9.17) is 0 Å². The number of hydrogen-bond donors (Lipinski definition) is 2. The average Bonchev–Trinajstić information content (AvgIpc) is 2.51. The third-order valence-corrected chi connectivity index (χ3v) is 2.85. The highest BCUT2D eigenvalue weighted by Gasteiger charge is 2.12. The van der Waals surface area contributed by atoms with Crippen molar-refractivity contribution in [3.05, 3.63) is 12.7 Å². The molecule has 0 unspecified atom stereocenters. The zero-order valence-electron chi connectivity index (χ0n) is 9.43. The van der Waals surface area contributed by atoms with Crippen LogP contribution >= 0.6 is 0 Å². The molecule has 0 aromatic heterocycles. The smallest absolute Gasteiger partial charge is 0.234 e. The topological polar surface area (TPSA) is 41.1 Å². The molecule has 1 aliphatic carbocycles. The maximum atomic E-state index is 11.3. The van der Waals surface area contributed by atoms with E-state index < -0.39 is 0 Å². The first kappa shape index (κ1) is 12.2. The van der Waals surface area contributed by atoms with Crippen LogP contribution in [-0.4, -0.2) is 25.0 Å². The van der Waals surface area contributed by atoms with E-state index in [0.717, 1.165) is 0 Å². The van der Waals surface area contributed by atoms with Gasteiger partial charge in [-0.05, 0) is 12.8 Å². The van der Waals surface area contributed by atoms with E-state index in [1.165, 1.54) is 38.5 Å². The molecule has 1 aliphatic rings. The van der Waals surface area contributed by atoms with Crippen molar-refractivity contribution >= 4 is 5.91 Å². The first-order valence-corrected chi connectivity index (χ1v) is 5.94. The monoisotopic (exact) mass is 210 g/mol. The standard InChI is InChI=1S/C12H22N2O/c1-2-9-13-12(15)10-14-11-7-5-3-4-6-8-11/h2,11,14H,1,3-10H2,(H,13,15). The van der Waals surface area contributed by atoms with Gasteiger partial charge in [-0.3, -0.25) is 4.79 Å². The summed E-state index contributed by atoms with van der Waals surface area (Å²) in [4.78, 5) is 11.3. The predicted molar refractivity (Wildman–Crippen MR) is 62.7 cm³/mol. The van der Waals surface area contributed by atoms with Crippen molar-refractivity contribution in [2.75, 3.05) is 13.1 Å². The molecule has 2 N–H and O–H groups in total. The van der Waals surface area contributed by atoms with Crippen molar-refractivity contribution in [2.45, 2.75) is 44.6 Å². The summed E-state index contributed by atoms with van der Waals surface area (Å²) in [6, 6.07) is 0.544. The van der Waals surface area contributed by atoms with Crippen molar-refractivity contribution in [2.24, 2.45) is 0 Å². The van der Waals surface area contributed by atoms with E-state index in [9.17, 15) is 4.79 Å². The Kier molecular flexibility index (Phi) is 6.09. The van der Waals surface area contributed by atoms with Gasteiger partial charge < -0.3 is 10.6 Å². The Balaban J connectivity index is 2.11. The fraction of sp³-hybridized carbons (Fsp3) is 0.750. The molecule has 0 atom stereocenters. The highest BCUT2D eigenvalue weighted by Crippen LogP contribution is 2.16. The molecule has 0 aliphatic heterocycles. The molecule has 0 aromatic carbocycles. The molecule has 0 saturated heterocycles. The molecule has 0 radical (unpaired) electrons. The first-order chi connectivity index (χ1) is 7.33. The Morgan fingerprint density at radius 3 is 2.53 bits per heavy atom. The van der Waals surface area contributed by atoms with E-state index in [0.29, 0.717) is 19.1 Å². The second-order valence-corrected chi connectivity index (χ2v) is 4.16. The molecule has 0 heterocycles. The van der Waals surface area contributed by atoms with E-state index in [1.807, 2.05) is 0 Å². The summed E-state index contributed by atoms with van der Waals surface area (Å²) in [7, 11) is 0. The summed E-state index contributed by atoms with van der Waals surface area (Å²) in [6.07, 6.45) is 9.42. The van der Waals surface area contributed by atoms with E-state index in [-0.39, 0.29) is 5.91 Å². The fourth-order valence-electron chi connectivity index (χ4n) is 1.97. The maximum Gasteiger partial charge on any atom is 0.234 e. The zero-order chi connectivity index (χ0) is 10.9. The van der Waals surface area contributed by atoms with Crippen molar-refractivity contribution < 1.29 is 4.79 Å². The van der Waals surface area contributed by atoms with Gasteiger partial charge in [0.1, 0.15) is 0 Å². The van der Waals surface area contributed by atoms with Gasteiger partial charge in [0.2, 0.25) is 5.91 Å². The number of rotatable bonds is 5. The lowest BCUT2D eigenvalue weighted by Gasteiger charge is -2.15. The van der Waals surface area contributed by atoms with Crippen molar-refractivity contribution in [1.29, 1.82) is 0 Å². The lowest BCUT2D eigenvalue weighted by atomic mass is 10.1. The highest BCUT2D eigenvalue weighted by atomic mass is 16.1. The second-order valence-electron chi connectivity index (χ2n) is 4.16. The van der Waals surface area contributed by atoms with Gasteiger partial charge in [0, 0.05) is 12.6 Å². The normalized spacial score (nSPS) is 18.1. The highest BCUT2D eigenvalue weighted by molar-refractivity contribution is 5.78. The molecule has 1 amide bonds. The van der Waals surface area contributed by atoms with E-state index >= 15 is 0 Å². The number of carbonyl (C=O) groups is 1. The Bertz CT molecular complexity index is 196. The molecular weight excluding hydrogens is 188 g/mol. The molecule has 0 bridgehead atoms. The molecule has 1 fully saturated rings. The van der Waals surface area contributed by atoms with Crippen molar-refractivity contribution in [1.82, 2.24) is 10.6 Å². The molecule has 1 saturated carbocycles. The molecule has 0 aromatic rings. The Hall–Kier alpha value is -0.830. The van der Waals surface area contributed by atoms with Crippen LogP contribution in [0.5, 0.6) is 0 Å². The van der Waals surface area contributed by atoms with Crippen LogP contribution in [0.1, 0.15) is 38.5 Å². The lowest BCUT2D eigenvalue weighted by Crippen LogP contribution is -2.39. The van der Waals surface area contributed by atoms with E-state index in [1.54, 1.807) is 6.08 Å². The van der Waals surface area contributed by atoms with Crippen molar-refractivity contribution in [3.63, 3.8) is 0 Å². The fourth-order valence-corrected chi connectivity index (χ4v) is 1.97. The largest absolute Gasteiger partial charge is 0.352 e. The van der Waals surface area contributed by atoms with Gasteiger partial charge in [-0.1, -0.05) is 31.8 Å². The van der Waals surface area contributed by atoms with Gasteiger partial charge in [-0.25, -0.2) is 0 Å². The van der Waals surface area contributed by atoms with Crippen LogP contribution in [0.25, 0.3) is 0 Å². The van der Waals surface area contributed by atoms with Crippen LogP contribution in [-0.2, 0) is 4.79 Å². The Morgan fingerprint density at radius 1 is 1.27 bits per heavy atom. The van der Waals surface area contributed by atoms with Gasteiger partial charge in [-0.2, -0.15) is 0 Å². The number of carbonyl (C=O) groups excluding carboxylic acids is 1. The van der Waals surface area contributed by atoms with Crippen LogP contribution < -0.4 is 10.6 Å². The number of hydrogen-bond acceptors (Lipinski definition) is 2. The molecule has 3 heteroatoms. The first-order valence-electron chi connectivity index (χ1n) is 5.94. The molecule has 1 rings (SSSR count). The van der Waals surface area contributed by atoms with Crippen LogP contribution in [0.2, 0.25) is 0 Å². The summed E-state index contributed by atoms with van der Waals surface area (Å²) in [6.45, 7) is 4.56. The quantitative estimate of drug-likeness (QED) is 0.534. The minimum absolute atomic E-state index is 0.0687. The summed E-state index contributed by atoms with van der Waals surface area (Å²) >= 11 is 0. The second kappa shape index (κ2) is 7.46. The molecular formula is C12H22N2O. The molecule has 86 valence electrons. The molecule has 3 nitrogen and oxygen atoms in total.